The quantitative estimate of drug-likeness (QED) is 0.376. The first-order valence-corrected chi connectivity index (χ1v) is 11.6. The Bertz CT molecular complexity index is 1380. The van der Waals surface area contributed by atoms with Crippen LogP contribution < -0.4 is 10.6 Å². The highest BCUT2D eigenvalue weighted by atomic mass is 19.4. The van der Waals surface area contributed by atoms with E-state index in [0.717, 1.165) is 21.5 Å². The number of amides is 1. The molecule has 3 heterocycles. The predicted octanol–water partition coefficient (Wildman–Crippen LogP) is 5.66. The van der Waals surface area contributed by atoms with Crippen molar-refractivity contribution in [2.45, 2.75) is 45.1 Å². The average molecular weight is 495 g/mol. The third-order valence-electron chi connectivity index (χ3n) is 6.42. The minimum Gasteiger partial charge on any atom is -0.363 e. The van der Waals surface area contributed by atoms with Crippen molar-refractivity contribution in [2.24, 2.45) is 0 Å². The summed E-state index contributed by atoms with van der Waals surface area (Å²) < 4.78 is 44.5. The maximum Gasteiger partial charge on any atom is 0.410 e. The molecule has 0 radical (unpaired) electrons. The zero-order valence-corrected chi connectivity index (χ0v) is 19.8. The van der Waals surface area contributed by atoms with Crippen LogP contribution in [0.2, 0.25) is 0 Å². The fraction of sp³-hybridized carbons (Fsp3) is 0.269. The molecule has 2 aromatic carbocycles. The molecular weight excluding hydrogens is 469 g/mol. The van der Waals surface area contributed by atoms with Crippen molar-refractivity contribution in [2.75, 3.05) is 10.6 Å². The number of anilines is 2. The first-order valence-electron chi connectivity index (χ1n) is 11.6. The summed E-state index contributed by atoms with van der Waals surface area (Å²) in [6, 6.07) is 17.7. The van der Waals surface area contributed by atoms with Gasteiger partial charge in [0, 0.05) is 12.5 Å². The summed E-state index contributed by atoms with van der Waals surface area (Å²) in [4.78, 5) is 13.1. The summed E-state index contributed by atoms with van der Waals surface area (Å²) in [7, 11) is 0. The summed E-state index contributed by atoms with van der Waals surface area (Å²) in [5.41, 5.74) is 3.56. The van der Waals surface area contributed by atoms with E-state index in [1.807, 2.05) is 43.3 Å². The minimum absolute atomic E-state index is 0.102. The van der Waals surface area contributed by atoms with Crippen molar-refractivity contribution in [3.8, 4) is 0 Å². The molecule has 5 rings (SSSR count). The Balaban J connectivity index is 1.40. The van der Waals surface area contributed by atoms with Crippen LogP contribution in [0, 0.1) is 13.8 Å². The van der Waals surface area contributed by atoms with Crippen LogP contribution in [0.3, 0.4) is 0 Å². The van der Waals surface area contributed by atoms with Gasteiger partial charge in [-0.2, -0.15) is 23.4 Å². The van der Waals surface area contributed by atoms with Crippen LogP contribution in [0.25, 0.3) is 0 Å². The zero-order valence-electron chi connectivity index (χ0n) is 19.8. The Morgan fingerprint density at radius 3 is 2.39 bits per heavy atom. The number of hydrogen-bond donors (Lipinski definition) is 2. The number of aromatic nitrogens is 4. The molecule has 186 valence electrons. The molecule has 0 unspecified atom stereocenters. The first kappa shape index (κ1) is 23.7. The Labute approximate surface area is 205 Å². The van der Waals surface area contributed by atoms with Gasteiger partial charge in [0.25, 0.3) is 5.91 Å². The van der Waals surface area contributed by atoms with E-state index in [9.17, 15) is 18.0 Å². The maximum absolute atomic E-state index is 14.0. The van der Waals surface area contributed by atoms with Crippen molar-refractivity contribution in [1.29, 1.82) is 0 Å². The van der Waals surface area contributed by atoms with E-state index in [2.05, 4.69) is 20.8 Å². The summed E-state index contributed by atoms with van der Waals surface area (Å²) in [5, 5.41) is 14.5. The second-order valence-corrected chi connectivity index (χ2v) is 8.90. The number of nitrogens with zero attached hydrogens (tertiary/aromatic N) is 4. The third-order valence-corrected chi connectivity index (χ3v) is 6.42. The normalized spacial score (nSPS) is 17.4. The van der Waals surface area contributed by atoms with Crippen molar-refractivity contribution in [1.82, 2.24) is 19.6 Å². The lowest BCUT2D eigenvalue weighted by Crippen LogP contribution is -2.35. The maximum atomic E-state index is 14.0. The lowest BCUT2D eigenvalue weighted by atomic mass is 9.97. The molecule has 1 aliphatic heterocycles. The zero-order chi connectivity index (χ0) is 25.4. The van der Waals surface area contributed by atoms with Crippen LogP contribution in [0.4, 0.5) is 24.7 Å². The fourth-order valence-electron chi connectivity index (χ4n) is 4.55. The molecule has 36 heavy (non-hydrogen) atoms. The molecule has 1 amide bonds. The van der Waals surface area contributed by atoms with Gasteiger partial charge in [-0.25, -0.2) is 4.68 Å². The number of carbonyl (C=O) groups excluding carboxylic acids is 1. The van der Waals surface area contributed by atoms with Crippen molar-refractivity contribution in [3.63, 3.8) is 0 Å². The lowest BCUT2D eigenvalue weighted by Gasteiger charge is -2.33. The topological polar surface area (TPSA) is 76.8 Å². The standard InChI is InChI=1S/C26H25F3N6O/c1-16-24(17(2)34(32-16)15-18-9-5-3-6-10-18)31-25(36)21-14-23-30-20(19-11-7-4-8-12-19)13-22(26(27,28)29)35(23)33-21/h3-12,14,20,22,30H,13,15H2,1-2H3,(H,31,36)/t20-,22-/m0/s1. The fourth-order valence-corrected chi connectivity index (χ4v) is 4.55. The molecule has 1 aliphatic rings. The van der Waals surface area contributed by atoms with E-state index < -0.39 is 24.2 Å². The second kappa shape index (κ2) is 9.18. The Hall–Kier alpha value is -4.08. The monoisotopic (exact) mass is 494 g/mol. The molecule has 2 aromatic heterocycles. The molecule has 2 N–H and O–H groups in total. The molecular formula is C26H25F3N6O. The van der Waals surface area contributed by atoms with Crippen molar-refractivity contribution in [3.05, 3.63) is 94.9 Å². The number of nitrogens with one attached hydrogen (secondary N) is 2. The highest BCUT2D eigenvalue weighted by Crippen LogP contribution is 2.43. The molecule has 4 aromatic rings. The Morgan fingerprint density at radius 2 is 1.72 bits per heavy atom. The van der Waals surface area contributed by atoms with Crippen LogP contribution in [-0.2, 0) is 6.54 Å². The van der Waals surface area contributed by atoms with Gasteiger partial charge in [0.1, 0.15) is 5.82 Å². The molecule has 0 bridgehead atoms. The Morgan fingerprint density at radius 1 is 1.06 bits per heavy atom. The molecule has 7 nitrogen and oxygen atoms in total. The van der Waals surface area contributed by atoms with Gasteiger partial charge in [-0.1, -0.05) is 60.7 Å². The number of rotatable bonds is 5. The van der Waals surface area contributed by atoms with Crippen LogP contribution in [0.1, 0.15) is 51.5 Å². The summed E-state index contributed by atoms with van der Waals surface area (Å²) in [6.45, 7) is 4.14. The van der Waals surface area contributed by atoms with Gasteiger partial charge in [0.2, 0.25) is 0 Å². The smallest absolute Gasteiger partial charge is 0.363 e. The molecule has 2 atom stereocenters. The van der Waals surface area contributed by atoms with Crippen LogP contribution in [0.15, 0.2) is 66.7 Å². The highest BCUT2D eigenvalue weighted by Gasteiger charge is 2.46. The van der Waals surface area contributed by atoms with E-state index in [4.69, 9.17) is 0 Å². The van der Waals surface area contributed by atoms with Gasteiger partial charge in [-0.3, -0.25) is 9.48 Å². The number of alkyl halides is 3. The molecule has 0 aliphatic carbocycles. The largest absolute Gasteiger partial charge is 0.410 e. The van der Waals surface area contributed by atoms with Gasteiger partial charge in [-0.05, 0) is 25.0 Å². The molecule has 0 saturated carbocycles. The van der Waals surface area contributed by atoms with Crippen molar-refractivity contribution < 1.29 is 18.0 Å². The summed E-state index contributed by atoms with van der Waals surface area (Å²) in [6.07, 6.45) is -4.75. The first-order chi connectivity index (χ1) is 17.2. The number of fused-ring (bicyclic) bond motifs is 1. The lowest BCUT2D eigenvalue weighted by molar-refractivity contribution is -0.173. The summed E-state index contributed by atoms with van der Waals surface area (Å²) in [5.74, 6) is -0.447. The van der Waals surface area contributed by atoms with Crippen LogP contribution in [-0.4, -0.2) is 31.6 Å². The van der Waals surface area contributed by atoms with E-state index >= 15 is 0 Å². The van der Waals surface area contributed by atoms with E-state index in [1.54, 1.807) is 35.9 Å². The SMILES string of the molecule is Cc1nn(Cc2ccccc2)c(C)c1NC(=O)c1cc2n(n1)[C@H](C(F)(F)F)C[C@@H](c1ccccc1)N2. The average Bonchev–Trinajstić information content (AvgIpc) is 3.40. The third kappa shape index (κ3) is 4.58. The van der Waals surface area contributed by atoms with Gasteiger partial charge in [0.05, 0.1) is 29.7 Å². The molecule has 10 heteroatoms. The number of aryl methyl sites for hydroxylation is 1. The number of hydrogen-bond acceptors (Lipinski definition) is 4. The predicted molar refractivity (Wildman–Crippen MR) is 130 cm³/mol. The van der Waals surface area contributed by atoms with Gasteiger partial charge < -0.3 is 10.6 Å². The van der Waals surface area contributed by atoms with Gasteiger partial charge >= 0.3 is 6.18 Å². The van der Waals surface area contributed by atoms with Gasteiger partial charge in [0.15, 0.2) is 11.7 Å². The van der Waals surface area contributed by atoms with E-state index in [0.29, 0.717) is 17.9 Å². The molecule has 0 saturated heterocycles. The highest BCUT2D eigenvalue weighted by molar-refractivity contribution is 6.04. The number of carbonyl (C=O) groups is 1. The molecule has 0 spiro atoms. The number of halogens is 3. The van der Waals surface area contributed by atoms with Crippen LogP contribution in [0.5, 0.6) is 0 Å². The van der Waals surface area contributed by atoms with E-state index in [1.165, 1.54) is 6.07 Å². The molecule has 0 fully saturated rings. The van der Waals surface area contributed by atoms with Crippen molar-refractivity contribution >= 4 is 17.4 Å². The summed E-state index contributed by atoms with van der Waals surface area (Å²) >= 11 is 0. The number of benzene rings is 2. The Kier molecular flexibility index (Phi) is 6.03. The minimum atomic E-state index is -4.52. The second-order valence-electron chi connectivity index (χ2n) is 8.90. The van der Waals surface area contributed by atoms with E-state index in [-0.39, 0.29) is 17.9 Å². The van der Waals surface area contributed by atoms with Gasteiger partial charge in [-0.15, -0.1) is 0 Å². The van der Waals surface area contributed by atoms with Crippen LogP contribution >= 0.6 is 0 Å².